The molecule has 0 aromatic rings. The Morgan fingerprint density at radius 1 is 0.543 bits per heavy atom. The zero-order chi connectivity index (χ0) is 25.7. The highest BCUT2D eigenvalue weighted by Crippen LogP contribution is 2.24. The number of unbranched alkanes of at least 4 members (excludes halogenated alkanes) is 9. The predicted octanol–water partition coefficient (Wildman–Crippen LogP) is 8.99. The fraction of sp³-hybridized carbons (Fsp3) is 0.931. The van der Waals surface area contributed by atoms with Gasteiger partial charge in [-0.25, -0.2) is 9.59 Å². The van der Waals surface area contributed by atoms with Crippen LogP contribution in [0.4, 0.5) is 9.59 Å². The molecule has 0 unspecified atom stereocenters. The van der Waals surface area contributed by atoms with Gasteiger partial charge in [-0.05, 0) is 50.4 Å². The molecular weight excluding hydrogens is 444 g/mol. The van der Waals surface area contributed by atoms with Crippen molar-refractivity contribution in [2.75, 3.05) is 13.2 Å². The van der Waals surface area contributed by atoms with Crippen LogP contribution in [0, 0.1) is 11.8 Å². The highest BCUT2D eigenvalue weighted by Gasteiger charge is 2.27. The Bertz CT molecular complexity index is 525. The molecule has 0 N–H and O–H groups in total. The monoisotopic (exact) mass is 498 g/mol. The number of carbonyl (C=O) groups is 2. The van der Waals surface area contributed by atoms with Crippen molar-refractivity contribution in [1.29, 1.82) is 0 Å². The van der Waals surface area contributed by atoms with Crippen LogP contribution in [0.25, 0.3) is 0 Å². The Morgan fingerprint density at radius 3 is 1.20 bits per heavy atom. The van der Waals surface area contributed by atoms with Crippen molar-refractivity contribution in [1.82, 2.24) is 0 Å². The average molecular weight is 499 g/mol. The molecule has 1 fully saturated rings. The van der Waals surface area contributed by atoms with Crippen molar-refractivity contribution in [3.05, 3.63) is 0 Å². The Morgan fingerprint density at radius 2 is 0.857 bits per heavy atom. The molecule has 1 saturated carbocycles. The molecule has 0 saturated heterocycles. The lowest BCUT2D eigenvalue weighted by atomic mass is 9.95. The summed E-state index contributed by atoms with van der Waals surface area (Å²) in [5.74, 6) is 1.56. The standard InChI is InChI=1S/C29H54O6/c1-24(2)16-12-8-6-5-7-10-14-22-32-28(30)34-26-18-20-27(21-19-26)35-29(31)33-23-15-11-9-13-17-25(3)4/h24-27H,5-23H2,1-4H3. The molecule has 1 aliphatic rings. The SMILES string of the molecule is CC(C)CCCCCCCCCOC(=O)OC1CCC(OC(=O)OCCCCCCC(C)C)CC1. The molecule has 6 nitrogen and oxygen atoms in total. The summed E-state index contributed by atoms with van der Waals surface area (Å²) >= 11 is 0. The van der Waals surface area contributed by atoms with E-state index in [2.05, 4.69) is 27.7 Å². The van der Waals surface area contributed by atoms with Crippen LogP contribution < -0.4 is 0 Å². The van der Waals surface area contributed by atoms with Crippen molar-refractivity contribution in [2.24, 2.45) is 11.8 Å². The molecule has 0 aromatic heterocycles. The van der Waals surface area contributed by atoms with Crippen molar-refractivity contribution in [3.8, 4) is 0 Å². The number of carbonyl (C=O) groups excluding carboxylic acids is 2. The van der Waals surface area contributed by atoms with E-state index in [4.69, 9.17) is 18.9 Å². The molecule has 206 valence electrons. The van der Waals surface area contributed by atoms with Crippen LogP contribution >= 0.6 is 0 Å². The fourth-order valence-electron chi connectivity index (χ4n) is 4.47. The van der Waals surface area contributed by atoms with E-state index in [9.17, 15) is 9.59 Å². The first kappa shape index (κ1) is 31.6. The number of ether oxygens (including phenoxy) is 4. The Kier molecular flexibility index (Phi) is 18.7. The van der Waals surface area contributed by atoms with Gasteiger partial charge in [0.2, 0.25) is 0 Å². The van der Waals surface area contributed by atoms with Crippen LogP contribution in [-0.4, -0.2) is 37.7 Å². The highest BCUT2D eigenvalue weighted by molar-refractivity contribution is 5.60. The van der Waals surface area contributed by atoms with Gasteiger partial charge in [-0.2, -0.15) is 0 Å². The van der Waals surface area contributed by atoms with Crippen LogP contribution in [0.2, 0.25) is 0 Å². The van der Waals surface area contributed by atoms with Crippen molar-refractivity contribution in [2.45, 2.75) is 149 Å². The third kappa shape index (κ3) is 19.4. The average Bonchev–Trinajstić information content (AvgIpc) is 2.80. The van der Waals surface area contributed by atoms with Crippen LogP contribution in [0.5, 0.6) is 0 Å². The molecule has 1 aliphatic carbocycles. The van der Waals surface area contributed by atoms with E-state index < -0.39 is 12.3 Å². The minimum absolute atomic E-state index is 0.157. The third-order valence-corrected chi connectivity index (χ3v) is 6.69. The molecule has 0 bridgehead atoms. The van der Waals surface area contributed by atoms with Gasteiger partial charge in [0.1, 0.15) is 12.2 Å². The predicted molar refractivity (Wildman–Crippen MR) is 141 cm³/mol. The first-order valence-electron chi connectivity index (χ1n) is 14.5. The Hall–Kier alpha value is -1.46. The quantitative estimate of drug-likeness (QED) is 0.131. The summed E-state index contributed by atoms with van der Waals surface area (Å²) in [5.41, 5.74) is 0. The van der Waals surface area contributed by atoms with E-state index in [-0.39, 0.29) is 12.2 Å². The molecule has 0 atom stereocenters. The van der Waals surface area contributed by atoms with Gasteiger partial charge in [-0.15, -0.1) is 0 Å². The van der Waals surface area contributed by atoms with Gasteiger partial charge in [0.15, 0.2) is 0 Å². The number of rotatable bonds is 19. The van der Waals surface area contributed by atoms with Crippen molar-refractivity contribution < 1.29 is 28.5 Å². The summed E-state index contributed by atoms with van der Waals surface area (Å²) in [6.45, 7) is 9.88. The van der Waals surface area contributed by atoms with Crippen molar-refractivity contribution >= 4 is 12.3 Å². The van der Waals surface area contributed by atoms with Crippen LogP contribution in [0.1, 0.15) is 137 Å². The maximum absolute atomic E-state index is 11.9. The lowest BCUT2D eigenvalue weighted by molar-refractivity contribution is -0.0271. The van der Waals surface area contributed by atoms with E-state index in [0.717, 1.165) is 37.5 Å². The molecule has 0 spiro atoms. The van der Waals surface area contributed by atoms with Gasteiger partial charge in [-0.1, -0.05) is 98.3 Å². The zero-order valence-corrected chi connectivity index (χ0v) is 23.2. The summed E-state index contributed by atoms with van der Waals surface area (Å²) in [6.07, 6.45) is 16.6. The van der Waals surface area contributed by atoms with Gasteiger partial charge in [0, 0.05) is 0 Å². The van der Waals surface area contributed by atoms with Gasteiger partial charge in [0.25, 0.3) is 0 Å². The molecular formula is C29H54O6. The summed E-state index contributed by atoms with van der Waals surface area (Å²) < 4.78 is 21.3. The largest absolute Gasteiger partial charge is 0.508 e. The summed E-state index contributed by atoms with van der Waals surface area (Å²) in [6, 6.07) is 0. The molecule has 0 heterocycles. The smallest absolute Gasteiger partial charge is 0.434 e. The van der Waals surface area contributed by atoms with Crippen LogP contribution in [0.15, 0.2) is 0 Å². The molecule has 6 heteroatoms. The van der Waals surface area contributed by atoms with Crippen LogP contribution in [-0.2, 0) is 18.9 Å². The van der Waals surface area contributed by atoms with E-state index >= 15 is 0 Å². The first-order chi connectivity index (χ1) is 16.9. The van der Waals surface area contributed by atoms with Gasteiger partial charge >= 0.3 is 12.3 Å². The van der Waals surface area contributed by atoms with Crippen molar-refractivity contribution in [3.63, 3.8) is 0 Å². The van der Waals surface area contributed by atoms with E-state index in [1.54, 1.807) is 0 Å². The lowest BCUT2D eigenvalue weighted by Gasteiger charge is -2.27. The van der Waals surface area contributed by atoms with Gasteiger partial charge in [0.05, 0.1) is 13.2 Å². The van der Waals surface area contributed by atoms with Crippen LogP contribution in [0.3, 0.4) is 0 Å². The second kappa shape index (κ2) is 20.7. The summed E-state index contributed by atoms with van der Waals surface area (Å²) in [7, 11) is 0. The van der Waals surface area contributed by atoms with E-state index in [0.29, 0.717) is 38.9 Å². The molecule has 0 amide bonds. The minimum atomic E-state index is -0.577. The maximum atomic E-state index is 11.9. The maximum Gasteiger partial charge on any atom is 0.508 e. The number of hydrogen-bond donors (Lipinski definition) is 0. The number of hydrogen-bond acceptors (Lipinski definition) is 6. The Balaban J connectivity index is 1.94. The summed E-state index contributed by atoms with van der Waals surface area (Å²) in [4.78, 5) is 23.8. The third-order valence-electron chi connectivity index (χ3n) is 6.69. The topological polar surface area (TPSA) is 71.1 Å². The molecule has 0 aromatic carbocycles. The lowest BCUT2D eigenvalue weighted by Crippen LogP contribution is -2.30. The Labute approximate surface area is 215 Å². The highest BCUT2D eigenvalue weighted by atomic mass is 16.7. The minimum Gasteiger partial charge on any atom is -0.434 e. The molecule has 0 radical (unpaired) electrons. The molecule has 1 rings (SSSR count). The zero-order valence-electron chi connectivity index (χ0n) is 23.2. The fourth-order valence-corrected chi connectivity index (χ4v) is 4.47. The van der Waals surface area contributed by atoms with Gasteiger partial charge < -0.3 is 18.9 Å². The molecule has 0 aliphatic heterocycles. The van der Waals surface area contributed by atoms with E-state index in [1.807, 2.05) is 0 Å². The second-order valence-electron chi connectivity index (χ2n) is 11.1. The first-order valence-corrected chi connectivity index (χ1v) is 14.5. The van der Waals surface area contributed by atoms with Gasteiger partial charge in [-0.3, -0.25) is 0 Å². The summed E-state index contributed by atoms with van der Waals surface area (Å²) in [5, 5.41) is 0. The second-order valence-corrected chi connectivity index (χ2v) is 11.1. The van der Waals surface area contributed by atoms with E-state index in [1.165, 1.54) is 57.8 Å². The normalized spacial score (nSPS) is 18.0. The molecule has 35 heavy (non-hydrogen) atoms.